The minimum Gasteiger partial charge on any atom is -0.494 e. The minimum atomic E-state index is -0.168. The van der Waals surface area contributed by atoms with Gasteiger partial charge in [-0.3, -0.25) is 9.59 Å². The molecule has 8 nitrogen and oxygen atoms in total. The number of carbonyl (C=O) groups excluding carboxylic acids is 2. The summed E-state index contributed by atoms with van der Waals surface area (Å²) in [5.41, 5.74) is 2.13. The fourth-order valence-electron chi connectivity index (χ4n) is 2.62. The SMILES string of the molecule is CCOc1ccc(-c2noc(CCC(=O)Nc3ccc(NC(C)=O)cc3)n2)cc1. The number of carbonyl (C=O) groups is 2. The minimum absolute atomic E-state index is 0.147. The summed E-state index contributed by atoms with van der Waals surface area (Å²) in [6.45, 7) is 3.97. The average molecular weight is 394 g/mol. The summed E-state index contributed by atoms with van der Waals surface area (Å²) < 4.78 is 10.6. The van der Waals surface area contributed by atoms with E-state index in [1.165, 1.54) is 6.92 Å². The van der Waals surface area contributed by atoms with E-state index in [0.29, 0.717) is 36.1 Å². The first-order valence-corrected chi connectivity index (χ1v) is 9.27. The summed E-state index contributed by atoms with van der Waals surface area (Å²) in [4.78, 5) is 27.5. The van der Waals surface area contributed by atoms with Gasteiger partial charge >= 0.3 is 0 Å². The number of benzene rings is 2. The molecule has 0 radical (unpaired) electrons. The quantitative estimate of drug-likeness (QED) is 0.604. The van der Waals surface area contributed by atoms with Crippen LogP contribution < -0.4 is 15.4 Å². The number of nitrogens with zero attached hydrogens (tertiary/aromatic N) is 2. The molecule has 0 saturated heterocycles. The van der Waals surface area contributed by atoms with Gasteiger partial charge in [-0.2, -0.15) is 4.98 Å². The molecule has 150 valence electrons. The first-order valence-electron chi connectivity index (χ1n) is 9.27. The topological polar surface area (TPSA) is 106 Å². The van der Waals surface area contributed by atoms with Crippen LogP contribution >= 0.6 is 0 Å². The molecule has 1 aromatic heterocycles. The number of rotatable bonds is 8. The molecule has 0 atom stereocenters. The van der Waals surface area contributed by atoms with Crippen molar-refractivity contribution in [1.82, 2.24) is 10.1 Å². The van der Waals surface area contributed by atoms with Gasteiger partial charge in [0.1, 0.15) is 5.75 Å². The zero-order valence-corrected chi connectivity index (χ0v) is 16.3. The second-order valence-electron chi connectivity index (χ2n) is 6.28. The Hall–Kier alpha value is -3.68. The molecule has 0 aliphatic carbocycles. The molecule has 2 N–H and O–H groups in total. The molecule has 0 spiro atoms. The molecule has 3 aromatic rings. The van der Waals surface area contributed by atoms with E-state index in [2.05, 4.69) is 20.8 Å². The van der Waals surface area contributed by atoms with Gasteiger partial charge in [0.2, 0.25) is 23.5 Å². The maximum atomic E-state index is 12.1. The lowest BCUT2D eigenvalue weighted by molar-refractivity contribution is -0.116. The predicted molar refractivity (Wildman–Crippen MR) is 109 cm³/mol. The van der Waals surface area contributed by atoms with Crippen molar-refractivity contribution in [2.24, 2.45) is 0 Å². The lowest BCUT2D eigenvalue weighted by Crippen LogP contribution is -2.12. The van der Waals surface area contributed by atoms with Crippen LogP contribution in [-0.4, -0.2) is 28.6 Å². The average Bonchev–Trinajstić information content (AvgIpc) is 3.17. The van der Waals surface area contributed by atoms with Crippen LogP contribution in [0.25, 0.3) is 11.4 Å². The maximum Gasteiger partial charge on any atom is 0.227 e. The molecule has 1 heterocycles. The van der Waals surface area contributed by atoms with Gasteiger partial charge in [0.25, 0.3) is 0 Å². The normalized spacial score (nSPS) is 10.4. The largest absolute Gasteiger partial charge is 0.494 e. The molecule has 0 bridgehead atoms. The molecule has 0 saturated carbocycles. The fraction of sp³-hybridized carbons (Fsp3) is 0.238. The summed E-state index contributed by atoms with van der Waals surface area (Å²) in [5.74, 6) is 1.33. The van der Waals surface area contributed by atoms with Crippen molar-refractivity contribution in [1.29, 1.82) is 0 Å². The highest BCUT2D eigenvalue weighted by molar-refractivity contribution is 5.92. The van der Waals surface area contributed by atoms with E-state index in [0.717, 1.165) is 11.3 Å². The first-order chi connectivity index (χ1) is 14.0. The van der Waals surface area contributed by atoms with Crippen molar-refractivity contribution in [3.8, 4) is 17.1 Å². The second-order valence-corrected chi connectivity index (χ2v) is 6.28. The Morgan fingerprint density at radius 2 is 1.66 bits per heavy atom. The van der Waals surface area contributed by atoms with Crippen LogP contribution in [0.5, 0.6) is 5.75 Å². The van der Waals surface area contributed by atoms with Gasteiger partial charge in [0.15, 0.2) is 0 Å². The van der Waals surface area contributed by atoms with Crippen molar-refractivity contribution in [3.63, 3.8) is 0 Å². The van der Waals surface area contributed by atoms with E-state index in [9.17, 15) is 9.59 Å². The van der Waals surface area contributed by atoms with Crippen LogP contribution in [0.3, 0.4) is 0 Å². The third-order valence-corrected chi connectivity index (χ3v) is 3.95. The van der Waals surface area contributed by atoms with Gasteiger partial charge in [0, 0.05) is 36.7 Å². The number of nitrogens with one attached hydrogen (secondary N) is 2. The molecule has 29 heavy (non-hydrogen) atoms. The second kappa shape index (κ2) is 9.50. The third kappa shape index (κ3) is 5.90. The number of hydrogen-bond acceptors (Lipinski definition) is 6. The Kier molecular flexibility index (Phi) is 6.57. The van der Waals surface area contributed by atoms with Crippen LogP contribution in [0.1, 0.15) is 26.2 Å². The summed E-state index contributed by atoms with van der Waals surface area (Å²) in [6.07, 6.45) is 0.540. The van der Waals surface area contributed by atoms with Crippen LogP contribution in [0.15, 0.2) is 53.1 Å². The summed E-state index contributed by atoms with van der Waals surface area (Å²) in [7, 11) is 0. The third-order valence-electron chi connectivity index (χ3n) is 3.95. The van der Waals surface area contributed by atoms with Crippen LogP contribution in [0.2, 0.25) is 0 Å². The number of anilines is 2. The smallest absolute Gasteiger partial charge is 0.227 e. The molecule has 2 amide bonds. The summed E-state index contributed by atoms with van der Waals surface area (Å²) in [6, 6.07) is 14.3. The number of hydrogen-bond donors (Lipinski definition) is 2. The highest BCUT2D eigenvalue weighted by Gasteiger charge is 2.11. The van der Waals surface area contributed by atoms with Gasteiger partial charge in [-0.05, 0) is 55.5 Å². The first kappa shape index (κ1) is 20.1. The van der Waals surface area contributed by atoms with Crippen LogP contribution in [-0.2, 0) is 16.0 Å². The highest BCUT2D eigenvalue weighted by Crippen LogP contribution is 2.20. The van der Waals surface area contributed by atoms with Crippen molar-refractivity contribution in [2.45, 2.75) is 26.7 Å². The lowest BCUT2D eigenvalue weighted by Gasteiger charge is -2.06. The van der Waals surface area contributed by atoms with E-state index in [1.54, 1.807) is 24.3 Å². The highest BCUT2D eigenvalue weighted by atomic mass is 16.5. The number of aryl methyl sites for hydroxylation is 1. The van der Waals surface area contributed by atoms with E-state index >= 15 is 0 Å². The van der Waals surface area contributed by atoms with Gasteiger partial charge in [0.05, 0.1) is 6.61 Å². The van der Waals surface area contributed by atoms with Gasteiger partial charge in [-0.1, -0.05) is 5.16 Å². The van der Waals surface area contributed by atoms with Crippen molar-refractivity contribution in [3.05, 3.63) is 54.4 Å². The Labute approximate surface area is 168 Å². The summed E-state index contributed by atoms with van der Waals surface area (Å²) >= 11 is 0. The Morgan fingerprint density at radius 3 is 2.28 bits per heavy atom. The Bertz CT molecular complexity index is 965. The van der Waals surface area contributed by atoms with Crippen LogP contribution in [0, 0.1) is 0 Å². The molecular weight excluding hydrogens is 372 g/mol. The van der Waals surface area contributed by atoms with Crippen molar-refractivity contribution >= 4 is 23.2 Å². The van der Waals surface area contributed by atoms with Gasteiger partial charge in [-0.15, -0.1) is 0 Å². The van der Waals surface area contributed by atoms with E-state index in [-0.39, 0.29) is 18.2 Å². The van der Waals surface area contributed by atoms with E-state index in [1.807, 2.05) is 31.2 Å². The standard InChI is InChI=1S/C21H22N4O4/c1-3-28-18-10-4-15(5-11-18)21-24-20(29-25-21)13-12-19(27)23-17-8-6-16(7-9-17)22-14(2)26/h4-11H,3,12-13H2,1-2H3,(H,22,26)(H,23,27). The fourth-order valence-corrected chi connectivity index (χ4v) is 2.62. The predicted octanol–water partition coefficient (Wildman–Crippen LogP) is 3.67. The molecular formula is C21H22N4O4. The molecule has 3 rings (SSSR count). The van der Waals surface area contributed by atoms with Crippen LogP contribution in [0.4, 0.5) is 11.4 Å². The monoisotopic (exact) mass is 394 g/mol. The molecule has 0 aliphatic heterocycles. The molecule has 0 aliphatic rings. The molecule has 0 fully saturated rings. The summed E-state index contributed by atoms with van der Waals surface area (Å²) in [5, 5.41) is 9.43. The number of amides is 2. The van der Waals surface area contributed by atoms with Crippen molar-refractivity contribution in [2.75, 3.05) is 17.2 Å². The van der Waals surface area contributed by atoms with E-state index < -0.39 is 0 Å². The Balaban J connectivity index is 1.51. The lowest BCUT2D eigenvalue weighted by atomic mass is 10.2. The van der Waals surface area contributed by atoms with Crippen molar-refractivity contribution < 1.29 is 18.8 Å². The Morgan fingerprint density at radius 1 is 1.00 bits per heavy atom. The van der Waals surface area contributed by atoms with E-state index in [4.69, 9.17) is 9.26 Å². The van der Waals surface area contributed by atoms with Gasteiger partial charge in [-0.25, -0.2) is 0 Å². The zero-order chi connectivity index (χ0) is 20.6. The zero-order valence-electron chi connectivity index (χ0n) is 16.3. The molecule has 2 aromatic carbocycles. The molecule has 0 unspecified atom stereocenters. The number of ether oxygens (including phenoxy) is 1. The maximum absolute atomic E-state index is 12.1. The van der Waals surface area contributed by atoms with Gasteiger partial charge < -0.3 is 19.9 Å². The molecule has 8 heteroatoms. The number of aromatic nitrogens is 2.